The predicted octanol–water partition coefficient (Wildman–Crippen LogP) is 0.369. The van der Waals surface area contributed by atoms with Crippen molar-refractivity contribution < 1.29 is 33.7 Å². The van der Waals surface area contributed by atoms with Gasteiger partial charge in [0.05, 0.1) is 6.61 Å². The van der Waals surface area contributed by atoms with Crippen molar-refractivity contribution >= 4 is 17.9 Å². The second kappa shape index (κ2) is 8.83. The molecule has 0 amide bonds. The molecule has 1 aromatic rings. The van der Waals surface area contributed by atoms with Gasteiger partial charge in [0, 0.05) is 6.92 Å². The van der Waals surface area contributed by atoms with Gasteiger partial charge in [0.25, 0.3) is 0 Å². The average Bonchev–Trinajstić information content (AvgIpc) is 2.46. The summed E-state index contributed by atoms with van der Waals surface area (Å²) in [7, 11) is 0. The Morgan fingerprint density at radius 2 is 1.81 bits per heavy atom. The molecule has 0 aliphatic heterocycles. The largest absolute Gasteiger partial charge is 0.461 e. The fourth-order valence-corrected chi connectivity index (χ4v) is 1.40. The monoisotopic (exact) mass is 296 g/mol. The van der Waals surface area contributed by atoms with Crippen molar-refractivity contribution in [1.29, 1.82) is 0 Å². The van der Waals surface area contributed by atoms with Crippen LogP contribution in [0, 0.1) is 0 Å². The van der Waals surface area contributed by atoms with Gasteiger partial charge < -0.3 is 19.3 Å². The molecule has 1 N–H and O–H groups in total. The lowest BCUT2D eigenvalue weighted by atomic mass is 10.1. The Morgan fingerprint density at radius 1 is 1.14 bits per heavy atom. The smallest absolute Gasteiger partial charge is 0.339 e. The summed E-state index contributed by atoms with van der Waals surface area (Å²) in [6.45, 7) is 0.499. The molecule has 0 radical (unpaired) electrons. The van der Waals surface area contributed by atoms with Crippen LogP contribution in [0.5, 0.6) is 0 Å². The summed E-state index contributed by atoms with van der Waals surface area (Å²) in [5.41, 5.74) is 0.424. The minimum atomic E-state index is -1.37. The molecule has 7 nitrogen and oxygen atoms in total. The number of carbonyl (C=O) groups is 3. The zero-order chi connectivity index (χ0) is 15.7. The van der Waals surface area contributed by atoms with E-state index in [-0.39, 0.29) is 13.2 Å². The summed E-state index contributed by atoms with van der Waals surface area (Å²) in [6, 6.07) is 8.33. The second-order valence-corrected chi connectivity index (χ2v) is 4.00. The average molecular weight is 296 g/mol. The number of hydrogen-bond donors (Lipinski definition) is 1. The van der Waals surface area contributed by atoms with Crippen molar-refractivity contribution in [3.63, 3.8) is 0 Å². The number of carbonyl (C=O) groups excluding carboxylic acids is 3. The van der Waals surface area contributed by atoms with Crippen LogP contribution >= 0.6 is 0 Å². The van der Waals surface area contributed by atoms with Gasteiger partial charge in [0.1, 0.15) is 13.2 Å². The molecule has 0 fully saturated rings. The maximum atomic E-state index is 11.5. The first-order chi connectivity index (χ1) is 10.0. The Morgan fingerprint density at radius 3 is 2.43 bits per heavy atom. The number of esters is 3. The van der Waals surface area contributed by atoms with Gasteiger partial charge in [-0.05, 0) is 5.56 Å². The maximum absolute atomic E-state index is 11.5. The van der Waals surface area contributed by atoms with Crippen molar-refractivity contribution in [2.45, 2.75) is 13.0 Å². The third-order valence-corrected chi connectivity index (χ3v) is 2.29. The normalized spacial score (nSPS) is 11.5. The van der Waals surface area contributed by atoms with Crippen LogP contribution in [0.25, 0.3) is 0 Å². The highest BCUT2D eigenvalue weighted by Crippen LogP contribution is 2.13. The fraction of sp³-hybridized carbons (Fsp3) is 0.357. The number of aliphatic hydroxyl groups is 1. The molecule has 0 spiro atoms. The SMILES string of the molecule is CC(=O)OC(=O)COCCOC(=O)C(O)c1ccccc1. The Kier molecular flexibility index (Phi) is 7.06. The maximum Gasteiger partial charge on any atom is 0.339 e. The van der Waals surface area contributed by atoms with Gasteiger partial charge in [-0.25, -0.2) is 9.59 Å². The lowest BCUT2D eigenvalue weighted by Gasteiger charge is -2.10. The minimum Gasteiger partial charge on any atom is -0.461 e. The van der Waals surface area contributed by atoms with Crippen LogP contribution in [-0.4, -0.2) is 42.8 Å². The van der Waals surface area contributed by atoms with Crippen LogP contribution in [0.3, 0.4) is 0 Å². The Labute approximate surface area is 121 Å². The molecule has 0 heterocycles. The van der Waals surface area contributed by atoms with Crippen LogP contribution in [-0.2, 0) is 28.6 Å². The quantitative estimate of drug-likeness (QED) is 0.441. The Bertz CT molecular complexity index is 483. The summed E-state index contributed by atoms with van der Waals surface area (Å²) in [5.74, 6) is -2.35. The van der Waals surface area contributed by atoms with Crippen molar-refractivity contribution in [2.24, 2.45) is 0 Å². The van der Waals surface area contributed by atoms with E-state index in [4.69, 9.17) is 9.47 Å². The number of aliphatic hydroxyl groups excluding tert-OH is 1. The number of hydrogen-bond acceptors (Lipinski definition) is 7. The number of rotatable bonds is 7. The number of ether oxygens (including phenoxy) is 3. The molecule has 1 unspecified atom stereocenters. The molecule has 0 aliphatic rings. The molecule has 0 saturated heterocycles. The van der Waals surface area contributed by atoms with E-state index in [1.165, 1.54) is 0 Å². The van der Waals surface area contributed by atoms with E-state index in [2.05, 4.69) is 4.74 Å². The molecule has 1 atom stereocenters. The lowest BCUT2D eigenvalue weighted by molar-refractivity contribution is -0.162. The van der Waals surface area contributed by atoms with E-state index in [1.807, 2.05) is 0 Å². The standard InChI is InChI=1S/C14H16O7/c1-10(15)21-12(16)9-19-7-8-20-14(18)13(17)11-5-3-2-4-6-11/h2-6,13,17H,7-9H2,1H3. The van der Waals surface area contributed by atoms with E-state index < -0.39 is 30.6 Å². The summed E-state index contributed by atoms with van der Waals surface area (Å²) in [4.78, 5) is 32.9. The topological polar surface area (TPSA) is 99.1 Å². The van der Waals surface area contributed by atoms with Crippen LogP contribution in [0.1, 0.15) is 18.6 Å². The van der Waals surface area contributed by atoms with Gasteiger partial charge in [-0.15, -0.1) is 0 Å². The lowest BCUT2D eigenvalue weighted by Crippen LogP contribution is -2.20. The Hall–Kier alpha value is -2.25. The summed E-state index contributed by atoms with van der Waals surface area (Å²) >= 11 is 0. The third-order valence-electron chi connectivity index (χ3n) is 2.29. The highest BCUT2D eigenvalue weighted by atomic mass is 16.6. The predicted molar refractivity (Wildman–Crippen MR) is 70.0 cm³/mol. The highest BCUT2D eigenvalue weighted by molar-refractivity contribution is 5.84. The summed E-state index contributed by atoms with van der Waals surface area (Å²) in [6.07, 6.45) is -1.37. The van der Waals surface area contributed by atoms with E-state index in [0.717, 1.165) is 6.92 Å². The van der Waals surface area contributed by atoms with Crippen LogP contribution in [0.2, 0.25) is 0 Å². The first-order valence-electron chi connectivity index (χ1n) is 6.19. The third kappa shape index (κ3) is 6.64. The van der Waals surface area contributed by atoms with Gasteiger partial charge in [-0.2, -0.15) is 0 Å². The zero-order valence-electron chi connectivity index (χ0n) is 11.5. The molecule has 21 heavy (non-hydrogen) atoms. The van der Waals surface area contributed by atoms with Crippen molar-refractivity contribution in [1.82, 2.24) is 0 Å². The molecular formula is C14H16O7. The van der Waals surface area contributed by atoms with E-state index >= 15 is 0 Å². The molecule has 0 aromatic heterocycles. The van der Waals surface area contributed by atoms with E-state index in [9.17, 15) is 19.5 Å². The summed E-state index contributed by atoms with van der Waals surface area (Å²) < 4.78 is 13.9. The fourth-order valence-electron chi connectivity index (χ4n) is 1.40. The minimum absolute atomic E-state index is 0.0553. The second-order valence-electron chi connectivity index (χ2n) is 4.00. The van der Waals surface area contributed by atoms with Crippen molar-refractivity contribution in [3.05, 3.63) is 35.9 Å². The first kappa shape index (κ1) is 16.8. The number of benzene rings is 1. The molecule has 0 saturated carbocycles. The Balaban J connectivity index is 2.19. The van der Waals surface area contributed by atoms with Gasteiger partial charge in [-0.3, -0.25) is 4.79 Å². The van der Waals surface area contributed by atoms with Crippen molar-refractivity contribution in [2.75, 3.05) is 19.8 Å². The highest BCUT2D eigenvalue weighted by Gasteiger charge is 2.18. The molecule has 0 aliphatic carbocycles. The molecule has 0 bridgehead atoms. The molecule has 114 valence electrons. The molecule has 7 heteroatoms. The van der Waals surface area contributed by atoms with Crippen molar-refractivity contribution in [3.8, 4) is 0 Å². The first-order valence-corrected chi connectivity index (χ1v) is 6.19. The van der Waals surface area contributed by atoms with E-state index in [0.29, 0.717) is 5.56 Å². The van der Waals surface area contributed by atoms with Crippen LogP contribution in [0.15, 0.2) is 30.3 Å². The molecule has 1 aromatic carbocycles. The van der Waals surface area contributed by atoms with Gasteiger partial charge in [0.2, 0.25) is 0 Å². The van der Waals surface area contributed by atoms with Gasteiger partial charge >= 0.3 is 17.9 Å². The molecule has 1 rings (SSSR count). The zero-order valence-corrected chi connectivity index (χ0v) is 11.5. The molecular weight excluding hydrogens is 280 g/mol. The van der Waals surface area contributed by atoms with Gasteiger partial charge in [0.15, 0.2) is 6.10 Å². The van der Waals surface area contributed by atoms with Gasteiger partial charge in [-0.1, -0.05) is 30.3 Å². The summed E-state index contributed by atoms with van der Waals surface area (Å²) in [5, 5.41) is 9.71. The van der Waals surface area contributed by atoms with Crippen LogP contribution in [0.4, 0.5) is 0 Å². The van der Waals surface area contributed by atoms with E-state index in [1.54, 1.807) is 30.3 Å². The van der Waals surface area contributed by atoms with Crippen LogP contribution < -0.4 is 0 Å².